The van der Waals surface area contributed by atoms with E-state index in [1.807, 2.05) is 30.3 Å². The molecule has 3 rings (SSSR count). The zero-order valence-electron chi connectivity index (χ0n) is 14.6. The van der Waals surface area contributed by atoms with Gasteiger partial charge in [0.05, 0.1) is 0 Å². The zero-order chi connectivity index (χ0) is 17.3. The minimum Gasteiger partial charge on any atom is -0.484 e. The van der Waals surface area contributed by atoms with E-state index in [1.54, 1.807) is 0 Å². The number of rotatable bonds is 8. The van der Waals surface area contributed by atoms with Gasteiger partial charge in [0.1, 0.15) is 5.75 Å². The lowest BCUT2D eigenvalue weighted by molar-refractivity contribution is -0.123. The summed E-state index contributed by atoms with van der Waals surface area (Å²) in [6, 6.07) is 18.2. The topological polar surface area (TPSA) is 41.6 Å². The second kappa shape index (κ2) is 9.11. The molecule has 1 fully saturated rings. The van der Waals surface area contributed by atoms with Crippen molar-refractivity contribution in [2.75, 3.05) is 31.1 Å². The first-order chi connectivity index (χ1) is 12.3. The van der Waals surface area contributed by atoms with E-state index in [0.717, 1.165) is 18.6 Å². The number of benzene rings is 2. The molecule has 4 heteroatoms. The van der Waals surface area contributed by atoms with E-state index >= 15 is 0 Å². The van der Waals surface area contributed by atoms with Crippen molar-refractivity contribution in [3.8, 4) is 5.75 Å². The Morgan fingerprint density at radius 1 is 1.00 bits per heavy atom. The number of carbonyl (C=O) groups is 1. The van der Waals surface area contributed by atoms with Crippen molar-refractivity contribution >= 4 is 11.6 Å². The second-order valence-electron chi connectivity index (χ2n) is 6.42. The van der Waals surface area contributed by atoms with Gasteiger partial charge < -0.3 is 15.0 Å². The highest BCUT2D eigenvalue weighted by molar-refractivity contribution is 5.77. The molecule has 2 aromatic carbocycles. The molecule has 0 aliphatic carbocycles. The molecule has 2 aromatic rings. The lowest BCUT2D eigenvalue weighted by atomic mass is 10.1. The molecule has 0 spiro atoms. The first kappa shape index (κ1) is 17.3. The van der Waals surface area contributed by atoms with E-state index in [1.165, 1.54) is 37.2 Å². The van der Waals surface area contributed by atoms with Gasteiger partial charge in [-0.25, -0.2) is 0 Å². The van der Waals surface area contributed by atoms with Gasteiger partial charge in [0.15, 0.2) is 6.61 Å². The van der Waals surface area contributed by atoms with E-state index in [-0.39, 0.29) is 12.5 Å². The molecule has 0 bridgehead atoms. The summed E-state index contributed by atoms with van der Waals surface area (Å²) in [5, 5.41) is 2.91. The van der Waals surface area contributed by atoms with Gasteiger partial charge in [-0.15, -0.1) is 0 Å². The van der Waals surface area contributed by atoms with Crippen molar-refractivity contribution in [2.24, 2.45) is 0 Å². The van der Waals surface area contributed by atoms with Gasteiger partial charge >= 0.3 is 0 Å². The normalized spacial score (nSPS) is 13.7. The molecule has 25 heavy (non-hydrogen) atoms. The van der Waals surface area contributed by atoms with Gasteiger partial charge in [-0.1, -0.05) is 30.3 Å². The van der Waals surface area contributed by atoms with E-state index in [4.69, 9.17) is 4.74 Å². The fourth-order valence-corrected chi connectivity index (χ4v) is 3.09. The van der Waals surface area contributed by atoms with Gasteiger partial charge in [-0.2, -0.15) is 0 Å². The number of anilines is 1. The van der Waals surface area contributed by atoms with Crippen molar-refractivity contribution in [2.45, 2.75) is 25.7 Å². The Morgan fingerprint density at radius 3 is 2.44 bits per heavy atom. The van der Waals surface area contributed by atoms with Gasteiger partial charge in [0.25, 0.3) is 5.91 Å². The van der Waals surface area contributed by atoms with Crippen LogP contribution in [0.3, 0.4) is 0 Å². The molecule has 0 aromatic heterocycles. The Hall–Kier alpha value is -2.49. The van der Waals surface area contributed by atoms with Crippen LogP contribution in [0.5, 0.6) is 5.75 Å². The van der Waals surface area contributed by atoms with Gasteiger partial charge in [-0.05, 0) is 55.5 Å². The van der Waals surface area contributed by atoms with E-state index in [0.29, 0.717) is 6.54 Å². The fourth-order valence-electron chi connectivity index (χ4n) is 3.09. The number of ether oxygens (including phenoxy) is 1. The van der Waals surface area contributed by atoms with Crippen LogP contribution in [0.1, 0.15) is 24.8 Å². The number of amides is 1. The van der Waals surface area contributed by atoms with Crippen LogP contribution in [-0.2, 0) is 11.2 Å². The highest BCUT2D eigenvalue weighted by Crippen LogP contribution is 2.20. The quantitative estimate of drug-likeness (QED) is 0.750. The number of nitrogens with zero attached hydrogens (tertiary/aromatic N) is 1. The molecule has 1 N–H and O–H groups in total. The Kier molecular flexibility index (Phi) is 6.32. The predicted octanol–water partition coefficient (Wildman–Crippen LogP) is 3.41. The molecule has 1 saturated heterocycles. The molecule has 4 nitrogen and oxygen atoms in total. The number of para-hydroxylation sites is 1. The monoisotopic (exact) mass is 338 g/mol. The maximum atomic E-state index is 11.8. The largest absolute Gasteiger partial charge is 0.484 e. The van der Waals surface area contributed by atoms with Gasteiger partial charge in [0, 0.05) is 25.3 Å². The summed E-state index contributed by atoms with van der Waals surface area (Å²) in [6.45, 7) is 3.09. The molecule has 0 radical (unpaired) electrons. The Bertz CT molecular complexity index is 649. The molecular weight excluding hydrogens is 312 g/mol. The number of carbonyl (C=O) groups excluding carboxylic acids is 1. The molecule has 0 unspecified atom stereocenters. The average Bonchev–Trinajstić information content (AvgIpc) is 3.20. The lowest BCUT2D eigenvalue weighted by Crippen LogP contribution is -2.29. The third kappa shape index (κ3) is 5.52. The van der Waals surface area contributed by atoms with E-state index in [2.05, 4.69) is 34.5 Å². The standard InChI is InChI=1S/C21H26N2O2/c24-21(17-25-20-8-2-1-3-9-20)22-14-6-7-18-10-12-19(13-11-18)23-15-4-5-16-23/h1-3,8-13H,4-7,14-17H2,(H,22,24). The zero-order valence-corrected chi connectivity index (χ0v) is 14.6. The smallest absolute Gasteiger partial charge is 0.257 e. The van der Waals surface area contributed by atoms with E-state index in [9.17, 15) is 4.79 Å². The summed E-state index contributed by atoms with van der Waals surface area (Å²) in [7, 11) is 0. The average molecular weight is 338 g/mol. The number of aryl methyl sites for hydroxylation is 1. The molecule has 1 heterocycles. The van der Waals surface area contributed by atoms with Crippen molar-refractivity contribution in [3.05, 3.63) is 60.2 Å². The first-order valence-corrected chi connectivity index (χ1v) is 9.10. The molecule has 0 atom stereocenters. The summed E-state index contributed by atoms with van der Waals surface area (Å²) >= 11 is 0. The number of nitrogens with one attached hydrogen (secondary N) is 1. The Labute approximate surface area is 149 Å². The van der Waals surface area contributed by atoms with Gasteiger partial charge in [0.2, 0.25) is 0 Å². The fraction of sp³-hybridized carbons (Fsp3) is 0.381. The maximum absolute atomic E-state index is 11.8. The van der Waals surface area contributed by atoms with E-state index < -0.39 is 0 Å². The number of hydrogen-bond acceptors (Lipinski definition) is 3. The third-order valence-electron chi connectivity index (χ3n) is 4.49. The van der Waals surface area contributed by atoms with Crippen LogP contribution in [-0.4, -0.2) is 32.1 Å². The summed E-state index contributed by atoms with van der Waals surface area (Å²) in [4.78, 5) is 14.2. The van der Waals surface area contributed by atoms with Crippen molar-refractivity contribution in [1.82, 2.24) is 5.32 Å². The van der Waals surface area contributed by atoms with Crippen LogP contribution in [0.4, 0.5) is 5.69 Å². The number of hydrogen-bond donors (Lipinski definition) is 1. The Balaban J connectivity index is 1.32. The van der Waals surface area contributed by atoms with Crippen LogP contribution in [0.2, 0.25) is 0 Å². The van der Waals surface area contributed by atoms with Crippen LogP contribution >= 0.6 is 0 Å². The molecule has 1 aliphatic rings. The summed E-state index contributed by atoms with van der Waals surface area (Å²) < 4.78 is 5.43. The lowest BCUT2D eigenvalue weighted by Gasteiger charge is -2.17. The van der Waals surface area contributed by atoms with Crippen LogP contribution in [0.25, 0.3) is 0 Å². The minimum atomic E-state index is -0.0757. The first-order valence-electron chi connectivity index (χ1n) is 9.10. The summed E-state index contributed by atoms with van der Waals surface area (Å²) in [6.07, 6.45) is 4.51. The van der Waals surface area contributed by atoms with Crippen molar-refractivity contribution in [3.63, 3.8) is 0 Å². The SMILES string of the molecule is O=C(COc1ccccc1)NCCCc1ccc(N2CCCC2)cc1. The molecule has 1 aliphatic heterocycles. The molecular formula is C21H26N2O2. The van der Waals surface area contributed by atoms with Crippen LogP contribution in [0, 0.1) is 0 Å². The third-order valence-corrected chi connectivity index (χ3v) is 4.49. The summed E-state index contributed by atoms with van der Waals surface area (Å²) in [5.74, 6) is 0.643. The summed E-state index contributed by atoms with van der Waals surface area (Å²) in [5.41, 5.74) is 2.64. The Morgan fingerprint density at radius 2 is 1.72 bits per heavy atom. The highest BCUT2D eigenvalue weighted by atomic mass is 16.5. The minimum absolute atomic E-state index is 0.0640. The molecule has 0 saturated carbocycles. The molecule has 132 valence electrons. The highest BCUT2D eigenvalue weighted by Gasteiger charge is 2.11. The maximum Gasteiger partial charge on any atom is 0.257 e. The van der Waals surface area contributed by atoms with Gasteiger partial charge in [-0.3, -0.25) is 4.79 Å². The predicted molar refractivity (Wildman–Crippen MR) is 101 cm³/mol. The second-order valence-corrected chi connectivity index (χ2v) is 6.42. The van der Waals surface area contributed by atoms with Crippen molar-refractivity contribution in [1.29, 1.82) is 0 Å². The van der Waals surface area contributed by atoms with Crippen molar-refractivity contribution < 1.29 is 9.53 Å². The van der Waals surface area contributed by atoms with Crippen LogP contribution < -0.4 is 15.0 Å². The molecule has 1 amide bonds. The van der Waals surface area contributed by atoms with Crippen LogP contribution in [0.15, 0.2) is 54.6 Å².